The second-order valence-electron chi connectivity index (χ2n) is 7.28. The Labute approximate surface area is 120 Å². The van der Waals surface area contributed by atoms with Gasteiger partial charge in [0.25, 0.3) is 0 Å². The third-order valence-electron chi connectivity index (χ3n) is 5.83. The van der Waals surface area contributed by atoms with Gasteiger partial charge in [-0.1, -0.05) is 0 Å². The Balaban J connectivity index is 1.56. The highest BCUT2D eigenvalue weighted by Gasteiger charge is 2.53. The van der Waals surface area contributed by atoms with Crippen molar-refractivity contribution in [3.8, 4) is 0 Å². The third-order valence-corrected chi connectivity index (χ3v) is 5.83. The van der Waals surface area contributed by atoms with E-state index in [0.29, 0.717) is 5.78 Å². The quantitative estimate of drug-likeness (QED) is 0.790. The van der Waals surface area contributed by atoms with Crippen LogP contribution in [-0.2, 0) is 11.8 Å². The Morgan fingerprint density at radius 3 is 2.35 bits per heavy atom. The highest BCUT2D eigenvalue weighted by atomic mass is 16.1. The number of rotatable bonds is 3. The summed E-state index contributed by atoms with van der Waals surface area (Å²) in [5.74, 6) is 2.86. The van der Waals surface area contributed by atoms with E-state index in [1.54, 1.807) is 6.20 Å². The number of aryl methyl sites for hydroxylation is 1. The topological polar surface area (TPSA) is 34.9 Å². The van der Waals surface area contributed by atoms with Crippen LogP contribution in [-0.4, -0.2) is 15.6 Å². The molecular weight excluding hydrogens is 248 g/mol. The van der Waals surface area contributed by atoms with Gasteiger partial charge < -0.3 is 0 Å². The van der Waals surface area contributed by atoms with Crippen molar-refractivity contribution in [1.82, 2.24) is 9.78 Å². The molecule has 1 aromatic heterocycles. The van der Waals surface area contributed by atoms with Crippen molar-refractivity contribution in [3.63, 3.8) is 0 Å². The molecule has 0 radical (unpaired) electrons. The van der Waals surface area contributed by atoms with Gasteiger partial charge >= 0.3 is 0 Å². The maximum Gasteiger partial charge on any atom is 0.161 e. The Morgan fingerprint density at radius 2 is 1.85 bits per heavy atom. The fourth-order valence-corrected chi connectivity index (χ4v) is 5.30. The Kier molecular flexibility index (Phi) is 2.66. The fraction of sp³-hybridized carbons (Fsp3) is 0.647. The number of allylic oxidation sites excluding steroid dienone is 1. The number of hydrogen-bond acceptors (Lipinski definition) is 2. The second kappa shape index (κ2) is 4.31. The molecule has 4 aliphatic rings. The minimum atomic E-state index is -0.0101. The van der Waals surface area contributed by atoms with Crippen LogP contribution in [0.3, 0.4) is 0 Å². The van der Waals surface area contributed by atoms with Crippen LogP contribution in [0.5, 0.6) is 0 Å². The summed E-state index contributed by atoms with van der Waals surface area (Å²) in [5.41, 5.74) is 0.993. The summed E-state index contributed by atoms with van der Waals surface area (Å²) in [6.07, 6.45) is 13.1. The molecule has 4 aliphatic carbocycles. The molecule has 4 saturated carbocycles. The van der Waals surface area contributed by atoms with Gasteiger partial charge in [0.2, 0.25) is 0 Å². The summed E-state index contributed by atoms with van der Waals surface area (Å²) in [6.45, 7) is 0. The van der Waals surface area contributed by atoms with Crippen LogP contribution in [0.2, 0.25) is 0 Å². The van der Waals surface area contributed by atoms with Crippen molar-refractivity contribution in [2.75, 3.05) is 0 Å². The standard InChI is InChI=1S/C17H22N2O/c1-19-15(4-5-18-19)2-3-16(20)17-9-12-6-13(10-17)8-14(7-12)11-17/h2-5,12-14H,6-11H2,1H3. The van der Waals surface area contributed by atoms with Crippen LogP contribution in [0, 0.1) is 23.2 Å². The first-order chi connectivity index (χ1) is 9.64. The average Bonchev–Trinajstić information content (AvgIpc) is 2.80. The third kappa shape index (κ3) is 1.87. The van der Waals surface area contributed by atoms with Gasteiger partial charge in [-0.25, -0.2) is 0 Å². The molecule has 0 aromatic carbocycles. The number of aromatic nitrogens is 2. The number of nitrogens with zero attached hydrogens (tertiary/aromatic N) is 2. The van der Waals surface area contributed by atoms with E-state index in [2.05, 4.69) is 5.10 Å². The molecule has 0 unspecified atom stereocenters. The summed E-state index contributed by atoms with van der Waals surface area (Å²) in [6, 6.07) is 1.95. The van der Waals surface area contributed by atoms with Gasteiger partial charge in [0, 0.05) is 18.7 Å². The summed E-state index contributed by atoms with van der Waals surface area (Å²) in [7, 11) is 1.91. The van der Waals surface area contributed by atoms with E-state index in [4.69, 9.17) is 0 Å². The van der Waals surface area contributed by atoms with Gasteiger partial charge in [0.1, 0.15) is 0 Å². The van der Waals surface area contributed by atoms with Gasteiger partial charge in [0.15, 0.2) is 5.78 Å². The second-order valence-corrected chi connectivity index (χ2v) is 7.28. The van der Waals surface area contributed by atoms with Gasteiger partial charge in [0.05, 0.1) is 5.69 Å². The van der Waals surface area contributed by atoms with Gasteiger partial charge in [-0.15, -0.1) is 0 Å². The van der Waals surface area contributed by atoms with E-state index in [9.17, 15) is 4.79 Å². The van der Waals surface area contributed by atoms with Crippen LogP contribution in [0.15, 0.2) is 18.3 Å². The van der Waals surface area contributed by atoms with Crippen molar-refractivity contribution in [2.45, 2.75) is 38.5 Å². The van der Waals surface area contributed by atoms with E-state index >= 15 is 0 Å². The molecule has 0 saturated heterocycles. The highest BCUT2D eigenvalue weighted by Crippen LogP contribution is 2.60. The lowest BCUT2D eigenvalue weighted by molar-refractivity contribution is -0.138. The molecule has 0 aliphatic heterocycles. The van der Waals surface area contributed by atoms with Crippen LogP contribution < -0.4 is 0 Å². The zero-order chi connectivity index (χ0) is 13.7. The van der Waals surface area contributed by atoms with E-state index < -0.39 is 0 Å². The van der Waals surface area contributed by atoms with Crippen molar-refractivity contribution >= 4 is 11.9 Å². The van der Waals surface area contributed by atoms with Gasteiger partial charge in [-0.3, -0.25) is 9.48 Å². The normalized spacial score (nSPS) is 38.8. The van der Waals surface area contributed by atoms with E-state index in [0.717, 1.165) is 42.7 Å². The van der Waals surface area contributed by atoms with Gasteiger partial charge in [-0.2, -0.15) is 5.10 Å². The van der Waals surface area contributed by atoms with E-state index in [-0.39, 0.29) is 5.41 Å². The number of hydrogen-bond donors (Lipinski definition) is 0. The first-order valence-electron chi connectivity index (χ1n) is 7.85. The first-order valence-corrected chi connectivity index (χ1v) is 7.85. The largest absolute Gasteiger partial charge is 0.294 e. The smallest absolute Gasteiger partial charge is 0.161 e. The lowest BCUT2D eigenvalue weighted by Crippen LogP contribution is -2.49. The van der Waals surface area contributed by atoms with Crippen molar-refractivity contribution < 1.29 is 4.79 Å². The molecule has 0 amide bonds. The van der Waals surface area contributed by atoms with Crippen LogP contribution in [0.4, 0.5) is 0 Å². The molecule has 0 N–H and O–H groups in total. The molecule has 3 nitrogen and oxygen atoms in total. The van der Waals surface area contributed by atoms with Crippen molar-refractivity contribution in [1.29, 1.82) is 0 Å². The minimum Gasteiger partial charge on any atom is -0.294 e. The van der Waals surface area contributed by atoms with Crippen LogP contribution in [0.1, 0.15) is 44.2 Å². The fourth-order valence-electron chi connectivity index (χ4n) is 5.30. The van der Waals surface area contributed by atoms with Crippen molar-refractivity contribution in [2.24, 2.45) is 30.2 Å². The molecule has 4 bridgehead atoms. The molecule has 1 heterocycles. The van der Waals surface area contributed by atoms with E-state index in [1.165, 1.54) is 19.3 Å². The van der Waals surface area contributed by atoms with Gasteiger partial charge in [-0.05, 0) is 74.5 Å². The number of carbonyl (C=O) groups is 1. The molecule has 20 heavy (non-hydrogen) atoms. The molecule has 0 atom stereocenters. The molecule has 3 heteroatoms. The Morgan fingerprint density at radius 1 is 1.25 bits per heavy atom. The number of ketones is 1. The molecular formula is C17H22N2O. The maximum atomic E-state index is 12.8. The summed E-state index contributed by atoms with van der Waals surface area (Å²) < 4.78 is 1.81. The zero-order valence-electron chi connectivity index (χ0n) is 12.1. The van der Waals surface area contributed by atoms with Crippen LogP contribution >= 0.6 is 0 Å². The average molecular weight is 270 g/mol. The minimum absolute atomic E-state index is 0.0101. The zero-order valence-corrected chi connectivity index (χ0v) is 12.1. The molecule has 5 rings (SSSR count). The summed E-state index contributed by atoms with van der Waals surface area (Å²) in [5, 5.41) is 4.14. The lowest BCUT2D eigenvalue weighted by atomic mass is 9.48. The highest BCUT2D eigenvalue weighted by molar-refractivity contribution is 5.98. The van der Waals surface area contributed by atoms with Crippen LogP contribution in [0.25, 0.3) is 6.08 Å². The summed E-state index contributed by atoms with van der Waals surface area (Å²) >= 11 is 0. The maximum absolute atomic E-state index is 12.8. The SMILES string of the molecule is Cn1nccc1C=CC(=O)C12CC3CC(CC(C3)C1)C2. The molecule has 106 valence electrons. The first kappa shape index (κ1) is 12.4. The Bertz CT molecular complexity index is 534. The molecule has 1 aromatic rings. The molecule has 4 fully saturated rings. The predicted molar refractivity (Wildman–Crippen MR) is 77.9 cm³/mol. The monoisotopic (exact) mass is 270 g/mol. The van der Waals surface area contributed by atoms with E-state index in [1.807, 2.05) is 29.9 Å². The Hall–Kier alpha value is -1.38. The summed E-state index contributed by atoms with van der Waals surface area (Å²) in [4.78, 5) is 12.8. The molecule has 0 spiro atoms. The van der Waals surface area contributed by atoms with Crippen molar-refractivity contribution in [3.05, 3.63) is 24.0 Å². The lowest BCUT2D eigenvalue weighted by Gasteiger charge is -2.55. The predicted octanol–water partition coefficient (Wildman–Crippen LogP) is 3.22. The number of carbonyl (C=O) groups excluding carboxylic acids is 1.